The molecule has 0 N–H and O–H groups in total. The molecule has 0 bridgehead atoms. The van der Waals surface area contributed by atoms with Crippen LogP contribution >= 0.6 is 7.68 Å². The predicted molar refractivity (Wildman–Crippen MR) is 53.9 cm³/mol. The van der Waals surface area contributed by atoms with E-state index in [-0.39, 0.29) is 12.0 Å². The van der Waals surface area contributed by atoms with Gasteiger partial charge < -0.3 is 4.52 Å². The zero-order valence-corrected chi connectivity index (χ0v) is 9.81. The van der Waals surface area contributed by atoms with Crippen molar-refractivity contribution < 1.29 is 13.3 Å². The third-order valence-electron chi connectivity index (χ3n) is 2.10. The van der Waals surface area contributed by atoms with Crippen LogP contribution in [0.15, 0.2) is 0 Å². The first-order valence-electron chi connectivity index (χ1n) is 4.86. The molecule has 0 aliphatic carbocycles. The lowest BCUT2D eigenvalue weighted by Crippen LogP contribution is -2.19. The smallest absolute Gasteiger partial charge is 0.302 e. The van der Waals surface area contributed by atoms with Crippen LogP contribution in [0.5, 0.6) is 0 Å². The Morgan fingerprint density at radius 2 is 2.00 bits per heavy atom. The van der Waals surface area contributed by atoms with Crippen molar-refractivity contribution in [2.75, 3.05) is 6.66 Å². The molecule has 0 aromatic heterocycles. The molecule has 0 aliphatic heterocycles. The second kappa shape index (κ2) is 5.77. The molecular formula is C9H20FO2P. The van der Waals surface area contributed by atoms with Gasteiger partial charge in [-0.25, -0.2) is 0 Å². The van der Waals surface area contributed by atoms with Gasteiger partial charge in [0, 0.05) is 6.66 Å². The van der Waals surface area contributed by atoms with E-state index in [9.17, 15) is 8.76 Å². The molecular weight excluding hydrogens is 190 g/mol. The fraction of sp³-hybridized carbons (Fsp3) is 1.00. The maximum Gasteiger partial charge on any atom is 0.364 e. The molecule has 0 fully saturated rings. The van der Waals surface area contributed by atoms with Gasteiger partial charge in [-0.2, -0.15) is 4.20 Å². The molecule has 3 atom stereocenters. The summed E-state index contributed by atoms with van der Waals surface area (Å²) in [5.74, 6) is 0.277. The van der Waals surface area contributed by atoms with E-state index in [1.165, 1.54) is 0 Å². The highest BCUT2D eigenvalue weighted by Crippen LogP contribution is 2.47. The lowest BCUT2D eigenvalue weighted by Gasteiger charge is -2.22. The van der Waals surface area contributed by atoms with E-state index in [1.807, 2.05) is 13.8 Å². The van der Waals surface area contributed by atoms with Crippen LogP contribution in [0.3, 0.4) is 0 Å². The van der Waals surface area contributed by atoms with Crippen LogP contribution in [0.25, 0.3) is 0 Å². The number of rotatable bonds is 6. The van der Waals surface area contributed by atoms with Gasteiger partial charge >= 0.3 is 7.68 Å². The Kier molecular flexibility index (Phi) is 5.82. The van der Waals surface area contributed by atoms with Crippen LogP contribution in [-0.2, 0) is 9.09 Å². The van der Waals surface area contributed by atoms with Crippen LogP contribution in [-0.4, -0.2) is 12.8 Å². The van der Waals surface area contributed by atoms with Crippen molar-refractivity contribution in [3.63, 3.8) is 0 Å². The summed E-state index contributed by atoms with van der Waals surface area (Å²) < 4.78 is 28.5. The van der Waals surface area contributed by atoms with E-state index in [4.69, 9.17) is 4.52 Å². The van der Waals surface area contributed by atoms with Gasteiger partial charge in [-0.3, -0.25) is 4.57 Å². The number of halogens is 1. The zero-order chi connectivity index (χ0) is 10.5. The largest absolute Gasteiger partial charge is 0.364 e. The van der Waals surface area contributed by atoms with Gasteiger partial charge in [0.2, 0.25) is 0 Å². The Morgan fingerprint density at radius 1 is 1.46 bits per heavy atom. The molecule has 3 unspecified atom stereocenters. The van der Waals surface area contributed by atoms with E-state index in [0.717, 1.165) is 19.5 Å². The summed E-state index contributed by atoms with van der Waals surface area (Å²) in [6.45, 7) is 7.03. The van der Waals surface area contributed by atoms with Crippen LogP contribution in [0, 0.1) is 5.92 Å². The first-order valence-corrected chi connectivity index (χ1v) is 6.82. The van der Waals surface area contributed by atoms with E-state index >= 15 is 0 Å². The van der Waals surface area contributed by atoms with E-state index in [1.54, 1.807) is 0 Å². The summed E-state index contributed by atoms with van der Waals surface area (Å²) in [7, 11) is -3.82. The molecule has 4 heteroatoms. The van der Waals surface area contributed by atoms with Crippen molar-refractivity contribution in [3.05, 3.63) is 0 Å². The second-order valence-electron chi connectivity index (χ2n) is 3.56. The Hall–Kier alpha value is 0.120. The Bertz CT molecular complexity index is 178. The molecule has 0 spiro atoms. The minimum absolute atomic E-state index is 0.208. The van der Waals surface area contributed by atoms with Gasteiger partial charge in [0.1, 0.15) is 0 Å². The summed E-state index contributed by atoms with van der Waals surface area (Å²) in [4.78, 5) is 0. The average Bonchev–Trinajstić information content (AvgIpc) is 1.99. The zero-order valence-electron chi connectivity index (χ0n) is 8.92. The van der Waals surface area contributed by atoms with Crippen molar-refractivity contribution in [2.24, 2.45) is 5.92 Å². The maximum absolute atomic E-state index is 12.8. The lowest BCUT2D eigenvalue weighted by molar-refractivity contribution is 0.126. The second-order valence-corrected chi connectivity index (χ2v) is 5.27. The molecule has 0 radical (unpaired) electrons. The number of hydrogen-bond donors (Lipinski definition) is 0. The van der Waals surface area contributed by atoms with Crippen LogP contribution < -0.4 is 0 Å². The van der Waals surface area contributed by atoms with E-state index < -0.39 is 7.68 Å². The summed E-state index contributed by atoms with van der Waals surface area (Å²) in [5.41, 5.74) is 0. The predicted octanol–water partition coefficient (Wildman–Crippen LogP) is 4.01. The summed E-state index contributed by atoms with van der Waals surface area (Å²) >= 11 is 0. The third kappa shape index (κ3) is 6.23. The molecule has 80 valence electrons. The Morgan fingerprint density at radius 3 is 2.31 bits per heavy atom. The molecule has 0 heterocycles. The third-order valence-corrected chi connectivity index (χ3v) is 2.75. The normalized spacial score (nSPS) is 20.7. The van der Waals surface area contributed by atoms with Crippen LogP contribution in [0.2, 0.25) is 0 Å². The number of hydrogen-bond acceptors (Lipinski definition) is 2. The van der Waals surface area contributed by atoms with Gasteiger partial charge in [-0.1, -0.05) is 27.2 Å². The molecule has 0 rings (SSSR count). The van der Waals surface area contributed by atoms with Crippen molar-refractivity contribution in [2.45, 2.75) is 46.1 Å². The molecule has 0 saturated heterocycles. The summed E-state index contributed by atoms with van der Waals surface area (Å²) in [6.07, 6.45) is 2.53. The molecule has 0 aromatic rings. The highest BCUT2D eigenvalue weighted by atomic mass is 31.2. The van der Waals surface area contributed by atoms with Gasteiger partial charge in [-0.05, 0) is 18.8 Å². The quantitative estimate of drug-likeness (QED) is 0.619. The first-order chi connectivity index (χ1) is 5.90. The lowest BCUT2D eigenvalue weighted by atomic mass is 9.98. The first kappa shape index (κ1) is 13.1. The van der Waals surface area contributed by atoms with E-state index in [2.05, 4.69) is 6.92 Å². The minimum atomic E-state index is -3.82. The van der Waals surface area contributed by atoms with E-state index in [0.29, 0.717) is 6.42 Å². The SMILES string of the molecule is CCCC(C)C(CC)OP(C)(=O)F. The van der Waals surface area contributed by atoms with Gasteiger partial charge in [0.15, 0.2) is 0 Å². The van der Waals surface area contributed by atoms with Gasteiger partial charge in [-0.15, -0.1) is 0 Å². The van der Waals surface area contributed by atoms with Crippen LogP contribution in [0.1, 0.15) is 40.0 Å². The minimum Gasteiger partial charge on any atom is -0.302 e. The maximum atomic E-state index is 12.8. The monoisotopic (exact) mass is 210 g/mol. The van der Waals surface area contributed by atoms with Crippen molar-refractivity contribution >= 4 is 7.68 Å². The Labute approximate surface area is 80.4 Å². The van der Waals surface area contributed by atoms with Gasteiger partial charge in [0.25, 0.3) is 0 Å². The summed E-state index contributed by atoms with van der Waals surface area (Å²) in [5, 5.41) is 0. The van der Waals surface area contributed by atoms with Crippen molar-refractivity contribution in [1.82, 2.24) is 0 Å². The summed E-state index contributed by atoms with van der Waals surface area (Å²) in [6, 6.07) is 0. The fourth-order valence-corrected chi connectivity index (χ4v) is 2.30. The molecule has 0 aliphatic rings. The Balaban J connectivity index is 4.09. The standard InChI is InChI=1S/C9H20FO2P/c1-5-7-8(3)9(6-2)12-13(4,10)11/h8-9H,5-7H2,1-4H3. The molecule has 0 amide bonds. The van der Waals surface area contributed by atoms with Gasteiger partial charge in [0.05, 0.1) is 6.10 Å². The molecule has 0 aromatic carbocycles. The molecule has 0 saturated carbocycles. The van der Waals surface area contributed by atoms with Crippen LogP contribution in [0.4, 0.5) is 4.20 Å². The van der Waals surface area contributed by atoms with Crippen molar-refractivity contribution in [3.8, 4) is 0 Å². The van der Waals surface area contributed by atoms with Crippen molar-refractivity contribution in [1.29, 1.82) is 0 Å². The fourth-order valence-electron chi connectivity index (χ4n) is 1.46. The highest BCUT2D eigenvalue weighted by molar-refractivity contribution is 7.52. The molecule has 13 heavy (non-hydrogen) atoms. The molecule has 2 nitrogen and oxygen atoms in total. The topological polar surface area (TPSA) is 26.3 Å². The highest BCUT2D eigenvalue weighted by Gasteiger charge is 2.23. The average molecular weight is 210 g/mol.